The van der Waals surface area contributed by atoms with E-state index in [0.717, 1.165) is 19.4 Å². The number of rotatable bonds is 7. The second-order valence-electron chi connectivity index (χ2n) is 5.18. The van der Waals surface area contributed by atoms with E-state index < -0.39 is 0 Å². The van der Waals surface area contributed by atoms with Gasteiger partial charge in [0, 0.05) is 32.0 Å². The van der Waals surface area contributed by atoms with Crippen molar-refractivity contribution >= 4 is 5.91 Å². The van der Waals surface area contributed by atoms with Gasteiger partial charge in [0.1, 0.15) is 5.82 Å². The van der Waals surface area contributed by atoms with Crippen LogP contribution in [0.2, 0.25) is 0 Å². The molecule has 2 rings (SSSR count). The molecule has 0 aliphatic rings. The Labute approximate surface area is 129 Å². The Bertz CT molecular complexity index is 610. The van der Waals surface area contributed by atoms with Crippen molar-refractivity contribution in [3.8, 4) is 11.5 Å². The minimum absolute atomic E-state index is 0.0648. The number of benzene rings is 1. The van der Waals surface area contributed by atoms with Crippen LogP contribution in [0.15, 0.2) is 28.7 Å². The molecule has 0 saturated carbocycles. The minimum atomic E-state index is -0.316. The molecule has 1 heterocycles. The van der Waals surface area contributed by atoms with Crippen LogP contribution in [-0.2, 0) is 11.2 Å². The van der Waals surface area contributed by atoms with Gasteiger partial charge in [-0.1, -0.05) is 13.3 Å². The predicted octanol–water partition coefficient (Wildman–Crippen LogP) is 3.07. The number of halogens is 1. The number of amides is 1. The first kappa shape index (κ1) is 16.1. The number of hydrogen-bond donors (Lipinski definition) is 0. The molecule has 0 spiro atoms. The van der Waals surface area contributed by atoms with Crippen molar-refractivity contribution in [1.82, 2.24) is 15.1 Å². The average Bonchev–Trinajstić information content (AvgIpc) is 2.99. The van der Waals surface area contributed by atoms with Crippen molar-refractivity contribution in [3.05, 3.63) is 36.0 Å². The zero-order valence-electron chi connectivity index (χ0n) is 12.9. The topological polar surface area (TPSA) is 59.2 Å². The highest BCUT2D eigenvalue weighted by atomic mass is 19.1. The van der Waals surface area contributed by atoms with Crippen molar-refractivity contribution in [2.45, 2.75) is 32.6 Å². The van der Waals surface area contributed by atoms with Crippen molar-refractivity contribution in [3.63, 3.8) is 0 Å². The molecular formula is C16H20FN3O2. The van der Waals surface area contributed by atoms with Gasteiger partial charge in [0.2, 0.25) is 17.7 Å². The molecule has 2 aromatic rings. The fraction of sp³-hybridized carbons (Fsp3) is 0.438. The lowest BCUT2D eigenvalue weighted by Crippen LogP contribution is -2.27. The monoisotopic (exact) mass is 305 g/mol. The van der Waals surface area contributed by atoms with Gasteiger partial charge in [0.25, 0.3) is 0 Å². The van der Waals surface area contributed by atoms with Gasteiger partial charge in [-0.3, -0.25) is 4.79 Å². The van der Waals surface area contributed by atoms with Crippen LogP contribution < -0.4 is 0 Å². The lowest BCUT2D eigenvalue weighted by atomic mass is 10.2. The van der Waals surface area contributed by atoms with Crippen LogP contribution in [0, 0.1) is 5.82 Å². The standard InChI is InChI=1S/C16H20FN3O2/c1-3-4-11-20(2)15(21)10-9-14-18-19-16(22-14)12-5-7-13(17)8-6-12/h5-8H,3-4,9-11H2,1-2H3. The molecule has 5 nitrogen and oxygen atoms in total. The third kappa shape index (κ3) is 4.38. The number of hydrogen-bond acceptors (Lipinski definition) is 4. The Kier molecular flexibility index (Phi) is 5.63. The van der Waals surface area contributed by atoms with Crippen LogP contribution in [0.1, 0.15) is 32.1 Å². The smallest absolute Gasteiger partial charge is 0.247 e. The summed E-state index contributed by atoms with van der Waals surface area (Å²) in [5.74, 6) is 0.498. The van der Waals surface area contributed by atoms with Gasteiger partial charge in [-0.2, -0.15) is 0 Å². The van der Waals surface area contributed by atoms with E-state index in [1.807, 2.05) is 0 Å². The maximum atomic E-state index is 12.9. The SMILES string of the molecule is CCCCN(C)C(=O)CCc1nnc(-c2ccc(F)cc2)o1. The highest BCUT2D eigenvalue weighted by Crippen LogP contribution is 2.18. The van der Waals surface area contributed by atoms with Crippen LogP contribution in [0.25, 0.3) is 11.5 Å². The second kappa shape index (κ2) is 7.68. The van der Waals surface area contributed by atoms with Gasteiger partial charge >= 0.3 is 0 Å². The highest BCUT2D eigenvalue weighted by Gasteiger charge is 2.13. The largest absolute Gasteiger partial charge is 0.421 e. The molecule has 0 aliphatic carbocycles. The molecule has 0 aliphatic heterocycles. The molecule has 0 radical (unpaired) electrons. The molecule has 118 valence electrons. The van der Waals surface area contributed by atoms with E-state index in [1.165, 1.54) is 12.1 Å². The van der Waals surface area contributed by atoms with E-state index in [9.17, 15) is 9.18 Å². The first-order valence-corrected chi connectivity index (χ1v) is 7.42. The summed E-state index contributed by atoms with van der Waals surface area (Å²) in [5.41, 5.74) is 0.659. The van der Waals surface area contributed by atoms with E-state index in [1.54, 1.807) is 24.1 Å². The Morgan fingerprint density at radius 2 is 2.00 bits per heavy atom. The number of carbonyl (C=O) groups excluding carboxylic acids is 1. The van der Waals surface area contributed by atoms with Crippen LogP contribution in [0.3, 0.4) is 0 Å². The fourth-order valence-corrected chi connectivity index (χ4v) is 1.99. The van der Waals surface area contributed by atoms with Gasteiger partial charge in [-0.25, -0.2) is 4.39 Å². The van der Waals surface area contributed by atoms with E-state index in [2.05, 4.69) is 17.1 Å². The summed E-state index contributed by atoms with van der Waals surface area (Å²) in [6.45, 7) is 2.85. The number of carbonyl (C=O) groups is 1. The Morgan fingerprint density at radius 1 is 1.27 bits per heavy atom. The summed E-state index contributed by atoms with van der Waals surface area (Å²) in [4.78, 5) is 13.7. The highest BCUT2D eigenvalue weighted by molar-refractivity contribution is 5.75. The molecule has 0 bridgehead atoms. The lowest BCUT2D eigenvalue weighted by Gasteiger charge is -2.15. The summed E-state index contributed by atoms with van der Waals surface area (Å²) in [6, 6.07) is 5.84. The van der Waals surface area contributed by atoms with Gasteiger partial charge in [-0.05, 0) is 30.7 Å². The third-order valence-corrected chi connectivity index (χ3v) is 3.38. The fourth-order valence-electron chi connectivity index (χ4n) is 1.99. The Hall–Kier alpha value is -2.24. The van der Waals surface area contributed by atoms with E-state index >= 15 is 0 Å². The van der Waals surface area contributed by atoms with Crippen LogP contribution in [0.5, 0.6) is 0 Å². The normalized spacial score (nSPS) is 10.7. The van der Waals surface area contributed by atoms with Crippen molar-refractivity contribution < 1.29 is 13.6 Å². The molecule has 0 unspecified atom stereocenters. The first-order valence-electron chi connectivity index (χ1n) is 7.42. The Morgan fingerprint density at radius 3 is 2.68 bits per heavy atom. The summed E-state index contributed by atoms with van der Waals surface area (Å²) < 4.78 is 18.4. The van der Waals surface area contributed by atoms with Crippen LogP contribution >= 0.6 is 0 Å². The lowest BCUT2D eigenvalue weighted by molar-refractivity contribution is -0.130. The molecule has 1 aromatic carbocycles. The zero-order chi connectivity index (χ0) is 15.9. The third-order valence-electron chi connectivity index (χ3n) is 3.38. The van der Waals surface area contributed by atoms with E-state index in [-0.39, 0.29) is 11.7 Å². The zero-order valence-corrected chi connectivity index (χ0v) is 12.9. The second-order valence-corrected chi connectivity index (χ2v) is 5.18. The van der Waals surface area contributed by atoms with Crippen LogP contribution in [0.4, 0.5) is 4.39 Å². The Balaban J connectivity index is 1.89. The number of unbranched alkanes of at least 4 members (excludes halogenated alkanes) is 1. The number of nitrogens with zero attached hydrogens (tertiary/aromatic N) is 3. The summed E-state index contributed by atoms with van der Waals surface area (Å²) >= 11 is 0. The number of aromatic nitrogens is 2. The van der Waals surface area contributed by atoms with Gasteiger partial charge < -0.3 is 9.32 Å². The van der Waals surface area contributed by atoms with E-state index in [0.29, 0.717) is 30.2 Å². The molecule has 0 fully saturated rings. The van der Waals surface area contributed by atoms with Gasteiger partial charge in [-0.15, -0.1) is 10.2 Å². The molecule has 1 amide bonds. The maximum Gasteiger partial charge on any atom is 0.247 e. The van der Waals surface area contributed by atoms with Crippen molar-refractivity contribution in [1.29, 1.82) is 0 Å². The first-order chi connectivity index (χ1) is 10.6. The summed E-state index contributed by atoms with van der Waals surface area (Å²) in [6.07, 6.45) is 2.80. The van der Waals surface area contributed by atoms with Crippen molar-refractivity contribution in [2.24, 2.45) is 0 Å². The average molecular weight is 305 g/mol. The quantitative estimate of drug-likeness (QED) is 0.789. The van der Waals surface area contributed by atoms with Crippen LogP contribution in [-0.4, -0.2) is 34.6 Å². The maximum absolute atomic E-state index is 12.9. The van der Waals surface area contributed by atoms with Gasteiger partial charge in [0.05, 0.1) is 0 Å². The summed E-state index contributed by atoms with van der Waals surface area (Å²) in [5, 5.41) is 7.85. The molecule has 0 N–H and O–H groups in total. The molecule has 1 aromatic heterocycles. The van der Waals surface area contributed by atoms with E-state index in [4.69, 9.17) is 4.42 Å². The number of aryl methyl sites for hydroxylation is 1. The molecule has 6 heteroatoms. The predicted molar refractivity (Wildman–Crippen MR) is 80.6 cm³/mol. The molecule has 0 saturated heterocycles. The summed E-state index contributed by atoms with van der Waals surface area (Å²) in [7, 11) is 1.80. The molecule has 22 heavy (non-hydrogen) atoms. The minimum Gasteiger partial charge on any atom is -0.421 e. The van der Waals surface area contributed by atoms with Crippen molar-refractivity contribution in [2.75, 3.05) is 13.6 Å². The van der Waals surface area contributed by atoms with Gasteiger partial charge in [0.15, 0.2) is 0 Å². The molecule has 0 atom stereocenters. The molecular weight excluding hydrogens is 285 g/mol.